The Labute approximate surface area is 142 Å². The molecule has 0 saturated carbocycles. The van der Waals surface area contributed by atoms with Crippen LogP contribution in [0.4, 0.5) is 13.2 Å². The Balaban J connectivity index is 2.04. The predicted molar refractivity (Wildman–Crippen MR) is 86.0 cm³/mol. The summed E-state index contributed by atoms with van der Waals surface area (Å²) in [7, 11) is 0. The normalized spacial score (nSPS) is 12.5. The van der Waals surface area contributed by atoms with Crippen molar-refractivity contribution in [3.05, 3.63) is 53.6 Å². The Hall–Kier alpha value is -2.21. The topological polar surface area (TPSA) is 38.3 Å². The van der Waals surface area contributed by atoms with E-state index in [1.807, 2.05) is 30.3 Å². The van der Waals surface area contributed by atoms with Gasteiger partial charge >= 0.3 is 6.18 Å². The van der Waals surface area contributed by atoms with E-state index in [4.69, 9.17) is 16.3 Å². The predicted octanol–water partition coefficient (Wildman–Crippen LogP) is 4.45. The van der Waals surface area contributed by atoms with Gasteiger partial charge in [-0.25, -0.2) is 0 Å². The summed E-state index contributed by atoms with van der Waals surface area (Å²) in [5.74, 6) is -0.637. The summed E-state index contributed by atoms with van der Waals surface area (Å²) in [4.78, 5) is 11.6. The molecule has 0 radical (unpaired) electrons. The monoisotopic (exact) mass is 357 g/mol. The van der Waals surface area contributed by atoms with Crippen LogP contribution < -0.4 is 10.1 Å². The van der Waals surface area contributed by atoms with Crippen LogP contribution in [0.1, 0.15) is 6.92 Å². The van der Waals surface area contributed by atoms with Gasteiger partial charge in [-0.05, 0) is 30.2 Å². The van der Waals surface area contributed by atoms with Crippen LogP contribution in [0.3, 0.4) is 0 Å². The molecule has 0 aliphatic carbocycles. The van der Waals surface area contributed by atoms with Crippen molar-refractivity contribution in [1.29, 1.82) is 0 Å². The first-order valence-electron chi connectivity index (χ1n) is 7.12. The molecule has 3 nitrogen and oxygen atoms in total. The quantitative estimate of drug-likeness (QED) is 0.858. The van der Waals surface area contributed by atoms with Gasteiger partial charge in [-0.3, -0.25) is 4.79 Å². The fraction of sp³-hybridized carbons (Fsp3) is 0.235. The Kier molecular flexibility index (Phi) is 5.72. The maximum absolute atomic E-state index is 12.1. The van der Waals surface area contributed by atoms with Crippen molar-refractivity contribution < 1.29 is 22.7 Å². The zero-order chi connectivity index (χ0) is 17.7. The number of ether oxygens (including phenoxy) is 1. The molecule has 0 spiro atoms. The molecule has 0 bridgehead atoms. The fourth-order valence-corrected chi connectivity index (χ4v) is 2.21. The lowest BCUT2D eigenvalue weighted by molar-refractivity contribution is -0.142. The highest BCUT2D eigenvalue weighted by atomic mass is 35.5. The molecule has 0 aliphatic rings. The Morgan fingerprint density at radius 2 is 1.83 bits per heavy atom. The number of hydrogen-bond acceptors (Lipinski definition) is 2. The van der Waals surface area contributed by atoms with Crippen molar-refractivity contribution in [2.75, 3.05) is 6.54 Å². The average Bonchev–Trinajstić information content (AvgIpc) is 2.54. The van der Waals surface area contributed by atoms with Crippen molar-refractivity contribution in [2.24, 2.45) is 0 Å². The van der Waals surface area contributed by atoms with Gasteiger partial charge < -0.3 is 10.1 Å². The molecule has 2 aromatic carbocycles. The third-order valence-electron chi connectivity index (χ3n) is 3.18. The van der Waals surface area contributed by atoms with Crippen LogP contribution in [0.2, 0.25) is 5.02 Å². The van der Waals surface area contributed by atoms with Gasteiger partial charge in [0.2, 0.25) is 0 Å². The number of halogens is 4. The van der Waals surface area contributed by atoms with Crippen LogP contribution in [0.15, 0.2) is 48.5 Å². The summed E-state index contributed by atoms with van der Waals surface area (Å²) in [6, 6.07) is 14.5. The molecule has 1 N–H and O–H groups in total. The molecule has 2 rings (SSSR count). The van der Waals surface area contributed by atoms with Gasteiger partial charge in [-0.15, -0.1) is 0 Å². The third-order valence-corrected chi connectivity index (χ3v) is 3.47. The van der Waals surface area contributed by atoms with Crippen molar-refractivity contribution in [2.45, 2.75) is 19.2 Å². The summed E-state index contributed by atoms with van der Waals surface area (Å²) in [5.41, 5.74) is 1.82. The van der Waals surface area contributed by atoms with E-state index >= 15 is 0 Å². The fourth-order valence-electron chi connectivity index (χ4n) is 1.98. The van der Waals surface area contributed by atoms with Crippen LogP contribution in [-0.4, -0.2) is 24.7 Å². The Bertz CT molecular complexity index is 705. The SMILES string of the molecule is C[C@H](Oc1ccc(-c2ccccc2)cc1Cl)C(=O)NCC(F)(F)F. The maximum atomic E-state index is 12.1. The van der Waals surface area contributed by atoms with Crippen LogP contribution in [0, 0.1) is 0 Å². The van der Waals surface area contributed by atoms with Gasteiger partial charge in [0.1, 0.15) is 12.3 Å². The van der Waals surface area contributed by atoms with E-state index in [1.54, 1.807) is 23.5 Å². The van der Waals surface area contributed by atoms with Crippen molar-refractivity contribution in [1.82, 2.24) is 5.32 Å². The van der Waals surface area contributed by atoms with E-state index in [2.05, 4.69) is 0 Å². The van der Waals surface area contributed by atoms with Crippen LogP contribution in [-0.2, 0) is 4.79 Å². The van der Waals surface area contributed by atoms with E-state index in [9.17, 15) is 18.0 Å². The highest BCUT2D eigenvalue weighted by molar-refractivity contribution is 6.32. The molecule has 0 aromatic heterocycles. The summed E-state index contributed by atoms with van der Waals surface area (Å²) >= 11 is 6.14. The first-order valence-corrected chi connectivity index (χ1v) is 7.50. The van der Waals surface area contributed by atoms with Gasteiger partial charge in [0.15, 0.2) is 6.10 Å². The number of hydrogen-bond donors (Lipinski definition) is 1. The first kappa shape index (κ1) is 18.1. The summed E-state index contributed by atoms with van der Waals surface area (Å²) in [6.07, 6.45) is -5.57. The molecule has 0 saturated heterocycles. The molecular weight excluding hydrogens is 343 g/mol. The zero-order valence-corrected chi connectivity index (χ0v) is 13.5. The molecule has 0 unspecified atom stereocenters. The zero-order valence-electron chi connectivity index (χ0n) is 12.7. The molecule has 2 aromatic rings. The number of carbonyl (C=O) groups is 1. The molecule has 0 aliphatic heterocycles. The summed E-state index contributed by atoms with van der Waals surface area (Å²) in [5, 5.41) is 2.04. The van der Waals surface area contributed by atoms with Crippen LogP contribution >= 0.6 is 11.6 Å². The minimum Gasteiger partial charge on any atom is -0.479 e. The molecule has 0 fully saturated rings. The molecular formula is C17H15ClF3NO2. The molecule has 1 atom stereocenters. The van der Waals surface area contributed by atoms with Crippen molar-refractivity contribution >= 4 is 17.5 Å². The van der Waals surface area contributed by atoms with Gasteiger partial charge in [0, 0.05) is 0 Å². The lowest BCUT2D eigenvalue weighted by Crippen LogP contribution is -2.41. The highest BCUT2D eigenvalue weighted by Gasteiger charge is 2.29. The maximum Gasteiger partial charge on any atom is 0.405 e. The number of rotatable bonds is 5. The van der Waals surface area contributed by atoms with Crippen LogP contribution in [0.25, 0.3) is 11.1 Å². The van der Waals surface area contributed by atoms with Gasteiger partial charge in [-0.2, -0.15) is 13.2 Å². The molecule has 7 heteroatoms. The minimum absolute atomic E-state index is 0.228. The lowest BCUT2D eigenvalue weighted by Gasteiger charge is -2.17. The van der Waals surface area contributed by atoms with E-state index in [-0.39, 0.29) is 10.8 Å². The second-order valence-electron chi connectivity index (χ2n) is 5.10. The van der Waals surface area contributed by atoms with E-state index < -0.39 is 24.7 Å². The lowest BCUT2D eigenvalue weighted by atomic mass is 10.1. The third kappa shape index (κ3) is 5.16. The Morgan fingerprint density at radius 3 is 2.42 bits per heavy atom. The van der Waals surface area contributed by atoms with E-state index in [0.29, 0.717) is 0 Å². The number of benzene rings is 2. The first-order chi connectivity index (χ1) is 11.3. The van der Waals surface area contributed by atoms with Crippen LogP contribution in [0.5, 0.6) is 5.75 Å². The van der Waals surface area contributed by atoms with Crippen molar-refractivity contribution in [3.63, 3.8) is 0 Å². The second-order valence-corrected chi connectivity index (χ2v) is 5.51. The van der Waals surface area contributed by atoms with Gasteiger partial charge in [-0.1, -0.05) is 48.0 Å². The molecule has 24 heavy (non-hydrogen) atoms. The largest absolute Gasteiger partial charge is 0.479 e. The van der Waals surface area contributed by atoms with E-state index in [0.717, 1.165) is 11.1 Å². The van der Waals surface area contributed by atoms with Crippen molar-refractivity contribution in [3.8, 4) is 16.9 Å². The standard InChI is InChI=1S/C17H15ClF3NO2/c1-11(16(23)22-10-17(19,20)21)24-15-8-7-13(9-14(15)18)12-5-3-2-4-6-12/h2-9,11H,10H2,1H3,(H,22,23)/t11-/m0/s1. The number of alkyl halides is 3. The minimum atomic E-state index is -4.47. The highest BCUT2D eigenvalue weighted by Crippen LogP contribution is 2.31. The number of amides is 1. The summed E-state index contributed by atoms with van der Waals surface area (Å²) < 4.78 is 41.6. The van der Waals surface area contributed by atoms with E-state index in [1.165, 1.54) is 6.92 Å². The van der Waals surface area contributed by atoms with Gasteiger partial charge in [0.25, 0.3) is 5.91 Å². The Morgan fingerprint density at radius 1 is 1.17 bits per heavy atom. The second kappa shape index (κ2) is 7.57. The number of nitrogens with one attached hydrogen (secondary N) is 1. The molecule has 128 valence electrons. The molecule has 0 heterocycles. The number of carbonyl (C=O) groups excluding carboxylic acids is 1. The summed E-state index contributed by atoms with van der Waals surface area (Å²) in [6.45, 7) is -0.0483. The van der Waals surface area contributed by atoms with Gasteiger partial charge in [0.05, 0.1) is 5.02 Å². The average molecular weight is 358 g/mol. The molecule has 1 amide bonds. The smallest absolute Gasteiger partial charge is 0.405 e.